The first-order chi connectivity index (χ1) is 5.79. The number of rotatable bonds is 2. The summed E-state index contributed by atoms with van der Waals surface area (Å²) in [4.78, 5) is 0. The van der Waals surface area contributed by atoms with Crippen LogP contribution >= 0.6 is 0 Å². The van der Waals surface area contributed by atoms with Gasteiger partial charge in [-0.05, 0) is 19.4 Å². The minimum atomic E-state index is 1.25. The van der Waals surface area contributed by atoms with Crippen molar-refractivity contribution >= 4 is 6.08 Å². The van der Waals surface area contributed by atoms with Crippen LogP contribution in [0.4, 0.5) is 0 Å². The Morgan fingerprint density at radius 1 is 1.08 bits per heavy atom. The molecule has 0 heterocycles. The molecule has 0 nitrogen and oxygen atoms in total. The Kier molecular flexibility index (Phi) is 3.34. The van der Waals surface area contributed by atoms with E-state index in [1.165, 1.54) is 11.1 Å². The molecule has 0 spiro atoms. The Bertz CT molecular complexity index is 274. The fourth-order valence-electron chi connectivity index (χ4n) is 0.916. The van der Waals surface area contributed by atoms with E-state index >= 15 is 0 Å². The Balaban J connectivity index is 2.64. The molecule has 0 aliphatic carbocycles. The fourth-order valence-corrected chi connectivity index (χ4v) is 0.916. The van der Waals surface area contributed by atoms with Crippen molar-refractivity contribution < 1.29 is 0 Å². The van der Waals surface area contributed by atoms with Gasteiger partial charge in [-0.25, -0.2) is 0 Å². The quantitative estimate of drug-likeness (QED) is 0.576. The molecule has 0 saturated heterocycles. The average molecular weight is 158 g/mol. The van der Waals surface area contributed by atoms with Crippen LogP contribution in [0.2, 0.25) is 0 Å². The summed E-state index contributed by atoms with van der Waals surface area (Å²) in [6, 6.07) is 10.3. The van der Waals surface area contributed by atoms with E-state index < -0.39 is 0 Å². The third-order valence-corrected chi connectivity index (χ3v) is 1.52. The van der Waals surface area contributed by atoms with Gasteiger partial charge in [-0.3, -0.25) is 0 Å². The molecule has 0 unspecified atom stereocenters. The maximum atomic E-state index is 2.10. The molecule has 0 aliphatic rings. The molecule has 0 heteroatoms. The van der Waals surface area contributed by atoms with Gasteiger partial charge in [-0.15, -0.1) is 0 Å². The van der Waals surface area contributed by atoms with E-state index in [4.69, 9.17) is 0 Å². The summed E-state index contributed by atoms with van der Waals surface area (Å²) < 4.78 is 0. The third-order valence-electron chi connectivity index (χ3n) is 1.52. The predicted molar refractivity (Wildman–Crippen MR) is 54.9 cm³/mol. The van der Waals surface area contributed by atoms with Crippen LogP contribution in [-0.2, 0) is 0 Å². The van der Waals surface area contributed by atoms with Crippen LogP contribution in [0.3, 0.4) is 0 Å². The second kappa shape index (κ2) is 4.55. The SMILES string of the molecule is CC(C)=C/C=C/c1ccccc1. The number of allylic oxidation sites excluding steroid dienone is 3. The number of hydrogen-bond acceptors (Lipinski definition) is 0. The lowest BCUT2D eigenvalue weighted by atomic mass is 10.2. The first kappa shape index (κ1) is 8.79. The Hall–Kier alpha value is -1.30. The standard InChI is InChI=1S/C12H14/c1-11(2)7-6-10-12-8-4-3-5-9-12/h3-10H,1-2H3/b10-6+. The topological polar surface area (TPSA) is 0 Å². The van der Waals surface area contributed by atoms with Gasteiger partial charge in [0.1, 0.15) is 0 Å². The van der Waals surface area contributed by atoms with E-state index in [1.807, 2.05) is 18.2 Å². The largest absolute Gasteiger partial charge is 0.0764 e. The summed E-state index contributed by atoms with van der Waals surface area (Å²) >= 11 is 0. The highest BCUT2D eigenvalue weighted by atomic mass is 13.9. The average Bonchev–Trinajstić information content (AvgIpc) is 2.05. The van der Waals surface area contributed by atoms with Crippen molar-refractivity contribution in [3.05, 3.63) is 53.6 Å². The van der Waals surface area contributed by atoms with E-state index in [2.05, 4.69) is 44.2 Å². The van der Waals surface area contributed by atoms with Crippen molar-refractivity contribution in [1.82, 2.24) is 0 Å². The molecule has 1 aromatic carbocycles. The van der Waals surface area contributed by atoms with Crippen molar-refractivity contribution in [2.24, 2.45) is 0 Å². The van der Waals surface area contributed by atoms with E-state index in [-0.39, 0.29) is 0 Å². The van der Waals surface area contributed by atoms with Gasteiger partial charge in [-0.1, -0.05) is 54.1 Å². The van der Waals surface area contributed by atoms with Crippen LogP contribution in [0.5, 0.6) is 0 Å². The van der Waals surface area contributed by atoms with Gasteiger partial charge in [-0.2, -0.15) is 0 Å². The molecule has 0 atom stereocenters. The van der Waals surface area contributed by atoms with Gasteiger partial charge in [0, 0.05) is 0 Å². The third kappa shape index (κ3) is 3.20. The summed E-state index contributed by atoms with van der Waals surface area (Å²) in [6.07, 6.45) is 6.28. The molecule has 0 fully saturated rings. The molecule has 1 aromatic rings. The Labute approximate surface area is 74.2 Å². The Morgan fingerprint density at radius 2 is 1.75 bits per heavy atom. The minimum absolute atomic E-state index is 1.25. The summed E-state index contributed by atoms with van der Waals surface area (Å²) in [5, 5.41) is 0. The highest BCUT2D eigenvalue weighted by Gasteiger charge is 1.79. The fraction of sp³-hybridized carbons (Fsp3) is 0.167. The lowest BCUT2D eigenvalue weighted by Crippen LogP contribution is -1.67. The first-order valence-electron chi connectivity index (χ1n) is 4.15. The lowest BCUT2D eigenvalue weighted by Gasteiger charge is -1.89. The predicted octanol–water partition coefficient (Wildman–Crippen LogP) is 3.67. The zero-order valence-electron chi connectivity index (χ0n) is 7.62. The molecule has 0 aromatic heterocycles. The maximum absolute atomic E-state index is 2.10. The van der Waals surface area contributed by atoms with Crippen molar-refractivity contribution in [2.75, 3.05) is 0 Å². The van der Waals surface area contributed by atoms with Gasteiger partial charge >= 0.3 is 0 Å². The maximum Gasteiger partial charge on any atom is -0.0257 e. The second-order valence-corrected chi connectivity index (χ2v) is 3.01. The van der Waals surface area contributed by atoms with Gasteiger partial charge in [0.2, 0.25) is 0 Å². The van der Waals surface area contributed by atoms with Crippen molar-refractivity contribution in [3.8, 4) is 0 Å². The van der Waals surface area contributed by atoms with Crippen LogP contribution < -0.4 is 0 Å². The first-order valence-corrected chi connectivity index (χ1v) is 4.15. The monoisotopic (exact) mass is 158 g/mol. The van der Waals surface area contributed by atoms with Crippen LogP contribution in [0.15, 0.2) is 48.1 Å². The number of benzene rings is 1. The zero-order valence-corrected chi connectivity index (χ0v) is 7.62. The lowest BCUT2D eigenvalue weighted by molar-refractivity contribution is 1.40. The molecule has 0 bridgehead atoms. The molecule has 0 aliphatic heterocycles. The molecule has 0 amide bonds. The second-order valence-electron chi connectivity index (χ2n) is 3.01. The zero-order chi connectivity index (χ0) is 8.81. The van der Waals surface area contributed by atoms with E-state index in [0.29, 0.717) is 0 Å². The van der Waals surface area contributed by atoms with Crippen molar-refractivity contribution in [2.45, 2.75) is 13.8 Å². The van der Waals surface area contributed by atoms with Gasteiger partial charge in [0.05, 0.1) is 0 Å². The summed E-state index contributed by atoms with van der Waals surface area (Å²) in [5.41, 5.74) is 2.57. The summed E-state index contributed by atoms with van der Waals surface area (Å²) in [7, 11) is 0. The summed E-state index contributed by atoms with van der Waals surface area (Å²) in [5.74, 6) is 0. The number of hydrogen-bond donors (Lipinski definition) is 0. The van der Waals surface area contributed by atoms with E-state index in [9.17, 15) is 0 Å². The molecule has 1 rings (SSSR count). The molecular formula is C12H14. The van der Waals surface area contributed by atoms with E-state index in [1.54, 1.807) is 0 Å². The minimum Gasteiger partial charge on any atom is -0.0764 e. The Morgan fingerprint density at radius 3 is 2.33 bits per heavy atom. The van der Waals surface area contributed by atoms with Crippen molar-refractivity contribution in [1.29, 1.82) is 0 Å². The van der Waals surface area contributed by atoms with Gasteiger partial charge in [0.15, 0.2) is 0 Å². The smallest absolute Gasteiger partial charge is 0.0257 e. The van der Waals surface area contributed by atoms with Crippen LogP contribution in [0.25, 0.3) is 6.08 Å². The molecule has 0 saturated carbocycles. The van der Waals surface area contributed by atoms with Gasteiger partial charge < -0.3 is 0 Å². The highest BCUT2D eigenvalue weighted by molar-refractivity contribution is 5.50. The molecule has 0 N–H and O–H groups in total. The van der Waals surface area contributed by atoms with Gasteiger partial charge in [0.25, 0.3) is 0 Å². The van der Waals surface area contributed by atoms with Crippen LogP contribution in [-0.4, -0.2) is 0 Å². The molecular weight excluding hydrogens is 144 g/mol. The molecule has 12 heavy (non-hydrogen) atoms. The molecule has 62 valence electrons. The van der Waals surface area contributed by atoms with Crippen molar-refractivity contribution in [3.63, 3.8) is 0 Å². The molecule has 0 radical (unpaired) electrons. The van der Waals surface area contributed by atoms with E-state index in [0.717, 1.165) is 0 Å². The van der Waals surface area contributed by atoms with Crippen LogP contribution in [0, 0.1) is 0 Å². The normalized spacial score (nSPS) is 10.2. The van der Waals surface area contributed by atoms with Crippen LogP contribution in [0.1, 0.15) is 19.4 Å². The summed E-state index contributed by atoms with van der Waals surface area (Å²) in [6.45, 7) is 4.19. The highest BCUT2D eigenvalue weighted by Crippen LogP contribution is 2.01.